The van der Waals surface area contributed by atoms with E-state index in [1.54, 1.807) is 24.3 Å². The minimum absolute atomic E-state index is 0.00647. The van der Waals surface area contributed by atoms with E-state index in [-0.39, 0.29) is 17.0 Å². The van der Waals surface area contributed by atoms with Crippen LogP contribution in [0.15, 0.2) is 86.2 Å². The summed E-state index contributed by atoms with van der Waals surface area (Å²) >= 11 is 1.45. The maximum Gasteiger partial charge on any atom is 0.336 e. The summed E-state index contributed by atoms with van der Waals surface area (Å²) in [4.78, 5) is 24.8. The molecule has 0 fully saturated rings. The van der Waals surface area contributed by atoms with Crippen LogP contribution in [0, 0.1) is 0 Å². The zero-order valence-corrected chi connectivity index (χ0v) is 17.1. The molecule has 152 valence electrons. The Labute approximate surface area is 176 Å². The quantitative estimate of drug-likeness (QED) is 0.446. The van der Waals surface area contributed by atoms with E-state index in [9.17, 15) is 18.0 Å². The molecule has 30 heavy (non-hydrogen) atoms. The Hall–Kier alpha value is -3.27. The average molecular weight is 441 g/mol. The summed E-state index contributed by atoms with van der Waals surface area (Å²) in [7, 11) is -3.76. The van der Waals surface area contributed by atoms with E-state index in [1.807, 2.05) is 17.5 Å². The van der Waals surface area contributed by atoms with E-state index in [4.69, 9.17) is 4.42 Å². The summed E-state index contributed by atoms with van der Waals surface area (Å²) in [6.07, 6.45) is 0. The van der Waals surface area contributed by atoms with Crippen LogP contribution in [0.1, 0.15) is 15.2 Å². The normalized spacial score (nSPS) is 11.5. The zero-order chi connectivity index (χ0) is 21.1. The predicted octanol–water partition coefficient (Wildman–Crippen LogP) is 3.59. The van der Waals surface area contributed by atoms with Gasteiger partial charge in [0.1, 0.15) is 5.58 Å². The molecule has 0 aliphatic rings. The van der Waals surface area contributed by atoms with Crippen LogP contribution >= 0.6 is 11.3 Å². The second-order valence-electron chi connectivity index (χ2n) is 6.39. The Morgan fingerprint density at radius 3 is 2.67 bits per heavy atom. The van der Waals surface area contributed by atoms with Gasteiger partial charge in [-0.25, -0.2) is 17.9 Å². The number of benzene rings is 2. The highest BCUT2D eigenvalue weighted by molar-refractivity contribution is 7.89. The first-order valence-corrected chi connectivity index (χ1v) is 11.2. The Morgan fingerprint density at radius 2 is 1.87 bits per heavy atom. The van der Waals surface area contributed by atoms with Crippen molar-refractivity contribution in [3.05, 3.63) is 93.0 Å². The number of sulfonamides is 1. The number of carbonyl (C=O) groups excluding carboxylic acids is 1. The lowest BCUT2D eigenvalue weighted by Gasteiger charge is -2.09. The van der Waals surface area contributed by atoms with Crippen molar-refractivity contribution in [1.82, 2.24) is 4.72 Å². The molecular formula is C21H16N2O5S2. The van der Waals surface area contributed by atoms with Gasteiger partial charge in [-0.15, -0.1) is 11.3 Å². The molecule has 0 aliphatic heterocycles. The predicted molar refractivity (Wildman–Crippen MR) is 115 cm³/mol. The maximum absolute atomic E-state index is 12.6. The van der Waals surface area contributed by atoms with Gasteiger partial charge < -0.3 is 9.73 Å². The van der Waals surface area contributed by atoms with Gasteiger partial charge in [0.05, 0.1) is 4.90 Å². The Balaban J connectivity index is 1.52. The van der Waals surface area contributed by atoms with Gasteiger partial charge >= 0.3 is 5.63 Å². The van der Waals surface area contributed by atoms with E-state index in [0.717, 1.165) is 4.88 Å². The van der Waals surface area contributed by atoms with Gasteiger partial charge in [-0.1, -0.05) is 12.1 Å². The van der Waals surface area contributed by atoms with Gasteiger partial charge in [0.2, 0.25) is 10.0 Å². The molecule has 0 atom stereocenters. The molecule has 9 heteroatoms. The molecule has 2 heterocycles. The minimum Gasteiger partial charge on any atom is -0.423 e. The number of carbonyl (C=O) groups is 1. The van der Waals surface area contributed by atoms with Crippen molar-refractivity contribution in [2.75, 3.05) is 5.32 Å². The van der Waals surface area contributed by atoms with E-state index < -0.39 is 21.6 Å². The highest BCUT2D eigenvalue weighted by atomic mass is 32.2. The van der Waals surface area contributed by atoms with Crippen LogP contribution in [-0.2, 0) is 16.6 Å². The number of rotatable bonds is 6. The molecule has 4 aromatic rings. The van der Waals surface area contributed by atoms with E-state index in [1.165, 1.54) is 41.7 Å². The van der Waals surface area contributed by atoms with Crippen LogP contribution in [0.25, 0.3) is 11.0 Å². The van der Waals surface area contributed by atoms with Gasteiger partial charge in [-0.2, -0.15) is 0 Å². The minimum atomic E-state index is -3.76. The third-order valence-corrected chi connectivity index (χ3v) is 6.58. The molecule has 2 aromatic heterocycles. The Bertz CT molecular complexity index is 1380. The van der Waals surface area contributed by atoms with Crippen LogP contribution in [0.2, 0.25) is 0 Å². The number of nitrogens with one attached hydrogen (secondary N) is 2. The van der Waals surface area contributed by atoms with Crippen LogP contribution in [0.5, 0.6) is 0 Å². The number of amides is 1. The summed E-state index contributed by atoms with van der Waals surface area (Å²) in [5, 5.41) is 5.25. The van der Waals surface area contributed by atoms with Gasteiger partial charge in [0.15, 0.2) is 0 Å². The van der Waals surface area contributed by atoms with E-state index in [0.29, 0.717) is 16.7 Å². The van der Waals surface area contributed by atoms with Crippen molar-refractivity contribution >= 4 is 43.9 Å². The molecule has 0 aliphatic carbocycles. The van der Waals surface area contributed by atoms with Crippen LogP contribution < -0.4 is 15.7 Å². The number of anilines is 1. The lowest BCUT2D eigenvalue weighted by atomic mass is 10.2. The van der Waals surface area contributed by atoms with Crippen LogP contribution in [0.3, 0.4) is 0 Å². The zero-order valence-electron chi connectivity index (χ0n) is 15.5. The molecule has 0 spiro atoms. The molecule has 4 rings (SSSR count). The SMILES string of the molecule is O=C(Nc1ccc2oc(=O)ccc2c1)c1cccc(S(=O)(=O)NCc2cccs2)c1. The third-order valence-electron chi connectivity index (χ3n) is 4.30. The van der Waals surface area contributed by atoms with Gasteiger partial charge in [0.25, 0.3) is 5.91 Å². The lowest BCUT2D eigenvalue weighted by molar-refractivity contribution is 0.102. The van der Waals surface area contributed by atoms with Crippen LogP contribution in [0.4, 0.5) is 5.69 Å². The number of hydrogen-bond acceptors (Lipinski definition) is 6. The summed E-state index contributed by atoms with van der Waals surface area (Å²) in [5.74, 6) is -0.456. The third kappa shape index (κ3) is 4.48. The largest absolute Gasteiger partial charge is 0.423 e. The topological polar surface area (TPSA) is 105 Å². The maximum atomic E-state index is 12.6. The van der Waals surface area contributed by atoms with Gasteiger partial charge in [-0.3, -0.25) is 4.79 Å². The van der Waals surface area contributed by atoms with Crippen molar-refractivity contribution < 1.29 is 17.6 Å². The molecule has 2 aromatic carbocycles. The number of fused-ring (bicyclic) bond motifs is 1. The van der Waals surface area contributed by atoms with Crippen molar-refractivity contribution in [1.29, 1.82) is 0 Å². The highest BCUT2D eigenvalue weighted by Crippen LogP contribution is 2.19. The van der Waals surface area contributed by atoms with Crippen LogP contribution in [-0.4, -0.2) is 14.3 Å². The second-order valence-corrected chi connectivity index (χ2v) is 9.19. The first kappa shape index (κ1) is 20.0. The molecule has 7 nitrogen and oxygen atoms in total. The van der Waals surface area contributed by atoms with E-state index >= 15 is 0 Å². The summed E-state index contributed by atoms with van der Waals surface area (Å²) in [6.45, 7) is 0.184. The fourth-order valence-electron chi connectivity index (χ4n) is 2.82. The first-order valence-electron chi connectivity index (χ1n) is 8.88. The van der Waals surface area contributed by atoms with Crippen molar-refractivity contribution in [3.8, 4) is 0 Å². The molecule has 1 amide bonds. The molecule has 0 bridgehead atoms. The molecule has 2 N–H and O–H groups in total. The molecular weight excluding hydrogens is 424 g/mol. The standard InChI is InChI=1S/C21H16N2O5S2/c24-20-9-6-14-11-16(7-8-19(14)28-20)23-21(25)15-3-1-5-18(12-15)30(26,27)22-13-17-4-2-10-29-17/h1-12,22H,13H2,(H,23,25). The molecule has 0 saturated heterocycles. The Kier molecular flexibility index (Phi) is 5.49. The fraction of sp³-hybridized carbons (Fsp3) is 0.0476. The average Bonchev–Trinajstić information content (AvgIpc) is 3.26. The van der Waals surface area contributed by atoms with Gasteiger partial charge in [-0.05, 0) is 53.9 Å². The monoisotopic (exact) mass is 440 g/mol. The lowest BCUT2D eigenvalue weighted by Crippen LogP contribution is -2.23. The second kappa shape index (κ2) is 8.23. The number of hydrogen-bond donors (Lipinski definition) is 2. The fourth-order valence-corrected chi connectivity index (χ4v) is 4.61. The van der Waals surface area contributed by atoms with Crippen molar-refractivity contribution in [3.63, 3.8) is 0 Å². The van der Waals surface area contributed by atoms with E-state index in [2.05, 4.69) is 10.0 Å². The first-order chi connectivity index (χ1) is 14.4. The molecule has 0 saturated carbocycles. The summed E-state index contributed by atoms with van der Waals surface area (Å²) in [6, 6.07) is 17.3. The smallest absolute Gasteiger partial charge is 0.336 e. The molecule has 0 radical (unpaired) electrons. The summed E-state index contributed by atoms with van der Waals surface area (Å²) in [5.41, 5.74) is 0.648. The number of thiophene rings is 1. The van der Waals surface area contributed by atoms with Crippen molar-refractivity contribution in [2.45, 2.75) is 11.4 Å². The summed E-state index contributed by atoms with van der Waals surface area (Å²) < 4.78 is 32.7. The van der Waals surface area contributed by atoms with Crippen molar-refractivity contribution in [2.24, 2.45) is 0 Å². The molecule has 0 unspecified atom stereocenters. The Morgan fingerprint density at radius 1 is 1.00 bits per heavy atom. The highest BCUT2D eigenvalue weighted by Gasteiger charge is 2.16. The van der Waals surface area contributed by atoms with Gasteiger partial charge in [0, 0.05) is 34.1 Å².